The second-order valence-corrected chi connectivity index (χ2v) is 6.52. The number of carbonyl (C=O) groups is 3. The van der Waals surface area contributed by atoms with E-state index in [1.165, 1.54) is 0 Å². The number of ether oxygens (including phenoxy) is 6. The number of hydrogen-bond donors (Lipinski definition) is 2. The highest BCUT2D eigenvalue weighted by Crippen LogP contribution is 1.92. The number of aliphatic carboxylic acids is 1. The van der Waals surface area contributed by atoms with Gasteiger partial charge in [-0.2, -0.15) is 9.59 Å². The first kappa shape index (κ1) is 35.5. The average molecular weight is 520 g/mol. The van der Waals surface area contributed by atoms with Gasteiger partial charge in [0.2, 0.25) is 5.78 Å². The lowest BCUT2D eigenvalue weighted by atomic mass is 10.2. The van der Waals surface area contributed by atoms with Crippen LogP contribution in [0.2, 0.25) is 0 Å². The summed E-state index contributed by atoms with van der Waals surface area (Å²) in [7, 11) is 0. The van der Waals surface area contributed by atoms with E-state index in [1.807, 2.05) is 6.92 Å². The molecule has 0 unspecified atom stereocenters. The number of rotatable bonds is 23. The lowest BCUT2D eigenvalue weighted by Gasteiger charge is -2.06. The molecule has 0 aliphatic carbocycles. The Hall–Kier alpha value is -2.69. The van der Waals surface area contributed by atoms with Crippen LogP contribution < -0.4 is 5.32 Å². The number of carboxylic acid groups (broad SMARTS) is 1. The summed E-state index contributed by atoms with van der Waals surface area (Å²) in [6.45, 7) is 7.10. The zero-order valence-corrected chi connectivity index (χ0v) is 20.8. The second kappa shape index (κ2) is 30.3. The quantitative estimate of drug-likeness (QED) is 0.100. The molecule has 0 aromatic rings. The van der Waals surface area contributed by atoms with Gasteiger partial charge in [0.1, 0.15) is 0 Å². The largest absolute Gasteiger partial charge is 0.481 e. The molecule has 0 saturated heterocycles. The minimum atomic E-state index is -0.901. The number of carbonyl (C=O) groups excluding carboxylic acids is 4. The molecule has 0 aromatic carbocycles. The molecule has 13 heteroatoms. The molecule has 0 fully saturated rings. The molecular weight excluding hydrogens is 482 g/mol. The van der Waals surface area contributed by atoms with Crippen molar-refractivity contribution in [2.24, 2.45) is 0 Å². The van der Waals surface area contributed by atoms with Crippen LogP contribution in [0.4, 0.5) is 0 Å². The maximum Gasteiger partial charge on any atom is 0.373 e. The highest BCUT2D eigenvalue weighted by atomic mass is 16.5. The SMILES string of the molecule is CCOCCOCCOCCCC(=O)C#CC(=O)NCCOCCOCCOCCC(=O)O.O=C=O. The van der Waals surface area contributed by atoms with Gasteiger partial charge in [-0.15, -0.1) is 0 Å². The van der Waals surface area contributed by atoms with Crippen molar-refractivity contribution in [3.8, 4) is 11.8 Å². The van der Waals surface area contributed by atoms with Gasteiger partial charge in [0.05, 0.1) is 72.5 Å². The Morgan fingerprint density at radius 2 is 1.14 bits per heavy atom. The van der Waals surface area contributed by atoms with Crippen LogP contribution >= 0.6 is 0 Å². The van der Waals surface area contributed by atoms with Gasteiger partial charge in [0.25, 0.3) is 5.91 Å². The van der Waals surface area contributed by atoms with E-state index < -0.39 is 11.9 Å². The first-order chi connectivity index (χ1) is 17.5. The van der Waals surface area contributed by atoms with E-state index in [9.17, 15) is 14.4 Å². The molecule has 206 valence electrons. The summed E-state index contributed by atoms with van der Waals surface area (Å²) in [4.78, 5) is 49.8. The predicted molar refractivity (Wildman–Crippen MR) is 123 cm³/mol. The Morgan fingerprint density at radius 1 is 0.667 bits per heavy atom. The maximum atomic E-state index is 11.7. The number of ketones is 1. The van der Waals surface area contributed by atoms with Crippen molar-refractivity contribution in [3.63, 3.8) is 0 Å². The molecule has 0 aliphatic rings. The maximum absolute atomic E-state index is 11.7. The minimum Gasteiger partial charge on any atom is -0.481 e. The molecule has 0 atom stereocenters. The van der Waals surface area contributed by atoms with E-state index in [2.05, 4.69) is 17.2 Å². The predicted octanol–water partition coefficient (Wildman–Crippen LogP) is -0.534. The summed E-state index contributed by atoms with van der Waals surface area (Å²) in [5.74, 6) is 2.81. The number of hydrogen-bond acceptors (Lipinski definition) is 11. The van der Waals surface area contributed by atoms with Gasteiger partial charge in [-0.25, -0.2) is 0 Å². The fourth-order valence-electron chi connectivity index (χ4n) is 2.09. The first-order valence-corrected chi connectivity index (χ1v) is 11.5. The molecule has 0 radical (unpaired) electrons. The molecule has 0 heterocycles. The van der Waals surface area contributed by atoms with Crippen molar-refractivity contribution in [3.05, 3.63) is 0 Å². The van der Waals surface area contributed by atoms with Gasteiger partial charge in [0, 0.05) is 32.1 Å². The molecule has 13 nitrogen and oxygen atoms in total. The standard InChI is InChI=1S/C22H37NO10.CO2/c1-2-28-12-13-32-17-14-29-9-3-4-20(24)5-6-21(25)23-8-11-31-16-19-33-18-15-30-10-7-22(26)27;2-1-3/h2-4,7-19H2,1H3,(H,23,25)(H,26,27);. The van der Waals surface area contributed by atoms with Crippen molar-refractivity contribution in [2.45, 2.75) is 26.2 Å². The highest BCUT2D eigenvalue weighted by Gasteiger charge is 2.00. The summed E-state index contributed by atoms with van der Waals surface area (Å²) in [5.41, 5.74) is 0. The number of nitrogens with one attached hydrogen (secondary N) is 1. The topological polar surface area (TPSA) is 173 Å². The third kappa shape index (κ3) is 33.5. The van der Waals surface area contributed by atoms with Crippen LogP contribution in [0, 0.1) is 11.8 Å². The van der Waals surface area contributed by atoms with E-state index in [0.29, 0.717) is 72.5 Å². The highest BCUT2D eigenvalue weighted by molar-refractivity contribution is 6.03. The molecule has 36 heavy (non-hydrogen) atoms. The lowest BCUT2D eigenvalue weighted by molar-refractivity contribution is -0.191. The molecule has 0 aromatic heterocycles. The van der Waals surface area contributed by atoms with E-state index in [1.54, 1.807) is 0 Å². The fraction of sp³-hybridized carbons (Fsp3) is 0.739. The summed E-state index contributed by atoms with van der Waals surface area (Å²) in [6, 6.07) is 0. The number of Topliss-reactive ketones (excluding diaryl/α,β-unsaturated/α-hetero) is 1. The molecule has 0 saturated carbocycles. The van der Waals surface area contributed by atoms with Gasteiger partial charge in [-0.1, -0.05) is 0 Å². The smallest absolute Gasteiger partial charge is 0.373 e. The first-order valence-electron chi connectivity index (χ1n) is 11.5. The van der Waals surface area contributed by atoms with Crippen LogP contribution in [0.1, 0.15) is 26.2 Å². The number of carboxylic acids is 1. The van der Waals surface area contributed by atoms with Gasteiger partial charge in [-0.3, -0.25) is 14.4 Å². The Kier molecular flexibility index (Phi) is 29.9. The van der Waals surface area contributed by atoms with Crippen molar-refractivity contribution < 1.29 is 57.5 Å². The third-order valence-electron chi connectivity index (χ3n) is 3.69. The van der Waals surface area contributed by atoms with E-state index in [4.69, 9.17) is 43.1 Å². The van der Waals surface area contributed by atoms with Gasteiger partial charge in [-0.05, 0) is 19.3 Å². The fourth-order valence-corrected chi connectivity index (χ4v) is 2.09. The normalized spacial score (nSPS) is 9.81. The van der Waals surface area contributed by atoms with E-state index in [-0.39, 0.29) is 44.5 Å². The Labute approximate surface area is 211 Å². The van der Waals surface area contributed by atoms with Gasteiger partial charge in [0.15, 0.2) is 0 Å². The Bertz CT molecular complexity index is 653. The van der Waals surface area contributed by atoms with Crippen LogP contribution in [0.5, 0.6) is 0 Å². The van der Waals surface area contributed by atoms with Crippen molar-refractivity contribution in [1.82, 2.24) is 5.32 Å². The van der Waals surface area contributed by atoms with Crippen molar-refractivity contribution in [2.75, 3.05) is 85.8 Å². The summed E-state index contributed by atoms with van der Waals surface area (Å²) in [6.07, 6.45) is 0.965. The Morgan fingerprint density at radius 3 is 1.67 bits per heavy atom. The molecule has 1 amide bonds. The van der Waals surface area contributed by atoms with Crippen LogP contribution in [0.25, 0.3) is 0 Å². The molecule has 0 bridgehead atoms. The zero-order chi connectivity index (χ0) is 27.1. The summed E-state index contributed by atoms with van der Waals surface area (Å²) < 4.78 is 31.4. The summed E-state index contributed by atoms with van der Waals surface area (Å²) >= 11 is 0. The molecular formula is C23H37NO12. The van der Waals surface area contributed by atoms with Crippen LogP contribution in [0.3, 0.4) is 0 Å². The van der Waals surface area contributed by atoms with Gasteiger partial charge >= 0.3 is 12.1 Å². The molecule has 2 N–H and O–H groups in total. The van der Waals surface area contributed by atoms with Crippen LogP contribution in [-0.2, 0) is 52.4 Å². The van der Waals surface area contributed by atoms with Crippen molar-refractivity contribution in [1.29, 1.82) is 0 Å². The molecule has 0 rings (SSSR count). The molecule has 0 aliphatic heterocycles. The van der Waals surface area contributed by atoms with Crippen molar-refractivity contribution >= 4 is 23.8 Å². The lowest BCUT2D eigenvalue weighted by Crippen LogP contribution is -2.26. The molecule has 0 spiro atoms. The monoisotopic (exact) mass is 519 g/mol. The Balaban J connectivity index is 0. The minimum absolute atomic E-state index is 0.0328. The average Bonchev–Trinajstić information content (AvgIpc) is 2.85. The van der Waals surface area contributed by atoms with E-state index in [0.717, 1.165) is 0 Å². The van der Waals surface area contributed by atoms with Crippen LogP contribution in [-0.4, -0.2) is 115 Å². The van der Waals surface area contributed by atoms with Gasteiger partial charge < -0.3 is 38.8 Å². The van der Waals surface area contributed by atoms with E-state index >= 15 is 0 Å². The second-order valence-electron chi connectivity index (χ2n) is 6.52. The summed E-state index contributed by atoms with van der Waals surface area (Å²) in [5, 5.41) is 11.0. The van der Waals surface area contributed by atoms with Crippen LogP contribution in [0.15, 0.2) is 0 Å². The number of amides is 1. The zero-order valence-electron chi connectivity index (χ0n) is 20.8. The third-order valence-corrected chi connectivity index (χ3v) is 3.69.